The molecule has 0 heterocycles. The van der Waals surface area contributed by atoms with Gasteiger partial charge in [-0.3, -0.25) is 0 Å². The van der Waals surface area contributed by atoms with Crippen LogP contribution < -0.4 is 24.3 Å². The standard InChI is InChI=1S/C22H31NO7/c1-25-16-9-7-14(11-18(16)27-3)21(23-13-20(29-5)30-6)22(24)15-8-10-17(26-2)19(12-15)28-4/h7-12,20-24H,13H2,1-6H3/t21-,22+/m1/s1. The molecule has 8 heteroatoms. The van der Waals surface area contributed by atoms with Crippen molar-refractivity contribution in [2.75, 3.05) is 49.2 Å². The van der Waals surface area contributed by atoms with E-state index in [-0.39, 0.29) is 0 Å². The first-order chi connectivity index (χ1) is 14.5. The average Bonchev–Trinajstić information content (AvgIpc) is 2.80. The van der Waals surface area contributed by atoms with Gasteiger partial charge in [-0.2, -0.15) is 0 Å². The number of methoxy groups -OCH3 is 6. The van der Waals surface area contributed by atoms with E-state index in [2.05, 4.69) is 5.32 Å². The van der Waals surface area contributed by atoms with Gasteiger partial charge >= 0.3 is 0 Å². The van der Waals surface area contributed by atoms with Crippen LogP contribution in [0.3, 0.4) is 0 Å². The molecule has 0 saturated carbocycles. The van der Waals surface area contributed by atoms with Crippen LogP contribution in [-0.2, 0) is 9.47 Å². The van der Waals surface area contributed by atoms with Crippen LogP contribution in [0.4, 0.5) is 0 Å². The molecule has 2 atom stereocenters. The molecule has 166 valence electrons. The van der Waals surface area contributed by atoms with Crippen LogP contribution in [0, 0.1) is 0 Å². The third-order valence-corrected chi connectivity index (χ3v) is 4.86. The van der Waals surface area contributed by atoms with Gasteiger partial charge in [0.25, 0.3) is 0 Å². The Morgan fingerprint density at radius 1 is 0.700 bits per heavy atom. The van der Waals surface area contributed by atoms with Gasteiger partial charge in [-0.05, 0) is 35.4 Å². The van der Waals surface area contributed by atoms with Gasteiger partial charge in [-0.25, -0.2) is 0 Å². The van der Waals surface area contributed by atoms with Crippen molar-refractivity contribution in [3.8, 4) is 23.0 Å². The van der Waals surface area contributed by atoms with Gasteiger partial charge in [0.05, 0.1) is 40.6 Å². The lowest BCUT2D eigenvalue weighted by molar-refractivity contribution is -0.101. The molecule has 30 heavy (non-hydrogen) atoms. The summed E-state index contributed by atoms with van der Waals surface area (Å²) in [6, 6.07) is 10.3. The van der Waals surface area contributed by atoms with Gasteiger partial charge in [0.15, 0.2) is 29.3 Å². The number of rotatable bonds is 12. The fourth-order valence-electron chi connectivity index (χ4n) is 3.17. The molecule has 0 bridgehead atoms. The van der Waals surface area contributed by atoms with Gasteiger partial charge in [0.2, 0.25) is 0 Å². The predicted molar refractivity (Wildman–Crippen MR) is 113 cm³/mol. The summed E-state index contributed by atoms with van der Waals surface area (Å²) in [5.41, 5.74) is 1.47. The Kier molecular flexibility index (Phi) is 9.19. The van der Waals surface area contributed by atoms with Crippen LogP contribution in [0.25, 0.3) is 0 Å². The summed E-state index contributed by atoms with van der Waals surface area (Å²) in [5, 5.41) is 14.6. The largest absolute Gasteiger partial charge is 0.493 e. The minimum Gasteiger partial charge on any atom is -0.493 e. The van der Waals surface area contributed by atoms with Crippen LogP contribution in [0.15, 0.2) is 36.4 Å². The highest BCUT2D eigenvalue weighted by Gasteiger charge is 2.26. The fraction of sp³-hybridized carbons (Fsp3) is 0.455. The molecule has 0 radical (unpaired) electrons. The molecule has 0 unspecified atom stereocenters. The zero-order valence-corrected chi connectivity index (χ0v) is 18.3. The normalized spacial score (nSPS) is 13.1. The molecule has 0 aliphatic heterocycles. The molecular weight excluding hydrogens is 390 g/mol. The second-order valence-electron chi connectivity index (χ2n) is 6.46. The Balaban J connectivity index is 2.42. The lowest BCUT2D eigenvalue weighted by Gasteiger charge is -2.27. The summed E-state index contributed by atoms with van der Waals surface area (Å²) in [5.74, 6) is 2.29. The molecular formula is C22H31NO7. The quantitative estimate of drug-likeness (QED) is 0.506. The minimum absolute atomic E-state index is 0.358. The van der Waals surface area contributed by atoms with Gasteiger partial charge in [0, 0.05) is 20.8 Å². The topological polar surface area (TPSA) is 87.6 Å². The van der Waals surface area contributed by atoms with E-state index in [9.17, 15) is 5.11 Å². The number of hydrogen-bond acceptors (Lipinski definition) is 8. The van der Waals surface area contributed by atoms with Gasteiger partial charge in [-0.15, -0.1) is 0 Å². The minimum atomic E-state index is -0.905. The molecule has 0 aliphatic rings. The van der Waals surface area contributed by atoms with E-state index >= 15 is 0 Å². The molecule has 8 nitrogen and oxygen atoms in total. The number of nitrogens with one attached hydrogen (secondary N) is 1. The lowest BCUT2D eigenvalue weighted by Crippen LogP contribution is -2.35. The molecule has 0 spiro atoms. The second kappa shape index (κ2) is 11.6. The Morgan fingerprint density at radius 3 is 1.63 bits per heavy atom. The summed E-state index contributed by atoms with van der Waals surface area (Å²) in [6.07, 6.45) is -1.37. The Hall–Kier alpha value is -2.52. The van der Waals surface area contributed by atoms with E-state index in [1.165, 1.54) is 0 Å². The second-order valence-corrected chi connectivity index (χ2v) is 6.46. The van der Waals surface area contributed by atoms with Crippen molar-refractivity contribution in [3.63, 3.8) is 0 Å². The fourth-order valence-corrected chi connectivity index (χ4v) is 3.17. The van der Waals surface area contributed by atoms with Crippen molar-refractivity contribution in [2.24, 2.45) is 0 Å². The van der Waals surface area contributed by atoms with Gasteiger partial charge < -0.3 is 38.8 Å². The highest BCUT2D eigenvalue weighted by molar-refractivity contribution is 5.46. The summed E-state index contributed by atoms with van der Waals surface area (Å²) < 4.78 is 32.0. The van der Waals surface area contributed by atoms with Crippen molar-refractivity contribution < 1.29 is 33.5 Å². The highest BCUT2D eigenvalue weighted by Crippen LogP contribution is 2.37. The summed E-state index contributed by atoms with van der Waals surface area (Å²) >= 11 is 0. The maximum atomic E-state index is 11.3. The first-order valence-electron chi connectivity index (χ1n) is 9.43. The molecule has 0 amide bonds. The Labute approximate surface area is 177 Å². The summed E-state index contributed by atoms with van der Waals surface area (Å²) in [7, 11) is 9.39. The first-order valence-corrected chi connectivity index (χ1v) is 9.43. The lowest BCUT2D eigenvalue weighted by atomic mass is 9.95. The molecule has 2 rings (SSSR count). The van der Waals surface area contributed by atoms with E-state index in [0.717, 1.165) is 5.56 Å². The predicted octanol–water partition coefficient (Wildman–Crippen LogP) is 2.70. The average molecular weight is 421 g/mol. The maximum Gasteiger partial charge on any atom is 0.169 e. The monoisotopic (exact) mass is 421 g/mol. The van der Waals surface area contributed by atoms with Crippen molar-refractivity contribution >= 4 is 0 Å². The third kappa shape index (κ3) is 5.54. The van der Waals surface area contributed by atoms with E-state index in [1.807, 2.05) is 12.1 Å². The highest BCUT2D eigenvalue weighted by atomic mass is 16.7. The van der Waals surface area contributed by atoms with Crippen molar-refractivity contribution in [1.82, 2.24) is 5.32 Å². The molecule has 2 N–H and O–H groups in total. The van der Waals surface area contributed by atoms with Gasteiger partial charge in [-0.1, -0.05) is 12.1 Å². The van der Waals surface area contributed by atoms with Crippen molar-refractivity contribution in [1.29, 1.82) is 0 Å². The van der Waals surface area contributed by atoms with E-state index in [1.54, 1.807) is 66.9 Å². The first kappa shape index (κ1) is 23.8. The van der Waals surface area contributed by atoms with Gasteiger partial charge in [0.1, 0.15) is 0 Å². The molecule has 0 aliphatic carbocycles. The SMILES string of the molecule is COc1ccc([C@@H](NCC(OC)OC)[C@@H](O)c2ccc(OC)c(OC)c2)cc1OC. The van der Waals surface area contributed by atoms with E-state index in [4.69, 9.17) is 28.4 Å². The number of hydrogen-bond donors (Lipinski definition) is 2. The molecule has 2 aromatic rings. The Bertz CT molecular complexity index is 795. The number of ether oxygens (including phenoxy) is 6. The van der Waals surface area contributed by atoms with E-state index < -0.39 is 18.4 Å². The summed E-state index contributed by atoms with van der Waals surface area (Å²) in [6.45, 7) is 0.358. The van der Waals surface area contributed by atoms with Crippen LogP contribution in [0.1, 0.15) is 23.3 Å². The van der Waals surface area contributed by atoms with Crippen LogP contribution >= 0.6 is 0 Å². The molecule has 0 aromatic heterocycles. The Morgan fingerprint density at radius 2 is 1.17 bits per heavy atom. The van der Waals surface area contributed by atoms with E-state index in [0.29, 0.717) is 35.1 Å². The number of aliphatic hydroxyl groups is 1. The zero-order chi connectivity index (χ0) is 22.1. The number of benzene rings is 2. The third-order valence-electron chi connectivity index (χ3n) is 4.86. The van der Waals surface area contributed by atoms with Crippen LogP contribution in [-0.4, -0.2) is 60.6 Å². The van der Waals surface area contributed by atoms with Crippen LogP contribution in [0.2, 0.25) is 0 Å². The smallest absolute Gasteiger partial charge is 0.169 e. The molecule has 0 saturated heterocycles. The molecule has 0 fully saturated rings. The zero-order valence-electron chi connectivity index (χ0n) is 18.3. The number of aliphatic hydroxyl groups excluding tert-OH is 1. The maximum absolute atomic E-state index is 11.3. The summed E-state index contributed by atoms with van der Waals surface area (Å²) in [4.78, 5) is 0. The van der Waals surface area contributed by atoms with Crippen LogP contribution in [0.5, 0.6) is 23.0 Å². The van der Waals surface area contributed by atoms with Crippen molar-refractivity contribution in [3.05, 3.63) is 47.5 Å². The molecule has 2 aromatic carbocycles. The van der Waals surface area contributed by atoms with Crippen molar-refractivity contribution in [2.45, 2.75) is 18.4 Å².